The SMILES string of the molecule is Cc1nnc(N(CC(C)C)C2CCCC2)c(CN)c1C. The molecular weight excluding hydrogens is 248 g/mol. The summed E-state index contributed by atoms with van der Waals surface area (Å²) in [4.78, 5) is 2.47. The Morgan fingerprint density at radius 3 is 2.40 bits per heavy atom. The van der Waals surface area contributed by atoms with E-state index in [0.717, 1.165) is 18.1 Å². The number of aryl methyl sites for hydroxylation is 1. The van der Waals surface area contributed by atoms with Crippen LogP contribution < -0.4 is 10.6 Å². The van der Waals surface area contributed by atoms with Crippen LogP contribution in [0.1, 0.15) is 56.4 Å². The van der Waals surface area contributed by atoms with Gasteiger partial charge in [0.15, 0.2) is 5.82 Å². The van der Waals surface area contributed by atoms with E-state index in [0.29, 0.717) is 18.5 Å². The minimum Gasteiger partial charge on any atom is -0.352 e. The third kappa shape index (κ3) is 3.11. The van der Waals surface area contributed by atoms with Crippen LogP contribution in [-0.4, -0.2) is 22.8 Å². The number of nitrogens with two attached hydrogens (primary N) is 1. The van der Waals surface area contributed by atoms with Crippen LogP contribution in [0.15, 0.2) is 0 Å². The zero-order chi connectivity index (χ0) is 14.7. The number of hydrogen-bond acceptors (Lipinski definition) is 4. The van der Waals surface area contributed by atoms with Gasteiger partial charge in [0.25, 0.3) is 0 Å². The van der Waals surface area contributed by atoms with Gasteiger partial charge < -0.3 is 10.6 Å². The van der Waals surface area contributed by atoms with Crippen molar-refractivity contribution in [3.63, 3.8) is 0 Å². The maximum Gasteiger partial charge on any atom is 0.156 e. The third-order valence-electron chi connectivity index (χ3n) is 4.36. The largest absolute Gasteiger partial charge is 0.352 e. The minimum absolute atomic E-state index is 0.541. The van der Waals surface area contributed by atoms with Crippen molar-refractivity contribution in [3.8, 4) is 0 Å². The molecule has 0 bridgehead atoms. The fraction of sp³-hybridized carbons (Fsp3) is 0.750. The van der Waals surface area contributed by atoms with Crippen molar-refractivity contribution in [2.45, 2.75) is 66.0 Å². The van der Waals surface area contributed by atoms with E-state index in [2.05, 4.69) is 35.9 Å². The van der Waals surface area contributed by atoms with E-state index >= 15 is 0 Å². The summed E-state index contributed by atoms with van der Waals surface area (Å²) in [5.74, 6) is 1.64. The standard InChI is InChI=1S/C16H28N4/c1-11(2)10-20(14-7-5-6-8-14)16-15(9-17)12(3)13(4)18-19-16/h11,14H,5-10,17H2,1-4H3. The molecule has 1 aromatic heterocycles. The first-order chi connectivity index (χ1) is 9.54. The summed E-state index contributed by atoms with van der Waals surface area (Å²) in [7, 11) is 0. The number of hydrogen-bond donors (Lipinski definition) is 1. The van der Waals surface area contributed by atoms with Gasteiger partial charge in [-0.1, -0.05) is 26.7 Å². The molecule has 0 saturated heterocycles. The average molecular weight is 276 g/mol. The van der Waals surface area contributed by atoms with Gasteiger partial charge in [-0.2, -0.15) is 5.10 Å². The van der Waals surface area contributed by atoms with Crippen LogP contribution in [-0.2, 0) is 6.54 Å². The predicted molar refractivity (Wildman–Crippen MR) is 83.8 cm³/mol. The second kappa shape index (κ2) is 6.53. The Balaban J connectivity index is 2.39. The van der Waals surface area contributed by atoms with Crippen LogP contribution in [0.3, 0.4) is 0 Å². The number of rotatable bonds is 5. The first-order valence-corrected chi connectivity index (χ1v) is 7.84. The fourth-order valence-electron chi connectivity index (χ4n) is 3.14. The monoisotopic (exact) mass is 276 g/mol. The zero-order valence-corrected chi connectivity index (χ0v) is 13.3. The smallest absolute Gasteiger partial charge is 0.156 e. The molecule has 0 radical (unpaired) electrons. The summed E-state index contributed by atoms with van der Waals surface area (Å²) < 4.78 is 0. The van der Waals surface area contributed by atoms with Gasteiger partial charge in [-0.25, -0.2) is 0 Å². The lowest BCUT2D eigenvalue weighted by atomic mass is 10.1. The number of aromatic nitrogens is 2. The fourth-order valence-corrected chi connectivity index (χ4v) is 3.14. The normalized spacial score (nSPS) is 16.1. The molecule has 0 spiro atoms. The average Bonchev–Trinajstić information content (AvgIpc) is 2.93. The summed E-state index contributed by atoms with van der Waals surface area (Å²) in [5, 5.41) is 8.84. The Labute approximate surface area is 122 Å². The molecule has 0 aliphatic heterocycles. The minimum atomic E-state index is 0.541. The second-order valence-electron chi connectivity index (χ2n) is 6.40. The molecule has 0 atom stereocenters. The molecule has 1 fully saturated rings. The highest BCUT2D eigenvalue weighted by molar-refractivity contribution is 5.51. The lowest BCUT2D eigenvalue weighted by Gasteiger charge is -2.33. The van der Waals surface area contributed by atoms with Gasteiger partial charge in [0.05, 0.1) is 5.69 Å². The summed E-state index contributed by atoms with van der Waals surface area (Å²) in [6.07, 6.45) is 5.20. The van der Waals surface area contributed by atoms with Gasteiger partial charge >= 0.3 is 0 Å². The van der Waals surface area contributed by atoms with E-state index in [4.69, 9.17) is 5.73 Å². The quantitative estimate of drug-likeness (QED) is 0.898. The molecule has 1 saturated carbocycles. The van der Waals surface area contributed by atoms with Crippen LogP contribution in [0.5, 0.6) is 0 Å². The Hall–Kier alpha value is -1.16. The molecular formula is C16H28N4. The van der Waals surface area contributed by atoms with Crippen molar-refractivity contribution in [2.75, 3.05) is 11.4 Å². The lowest BCUT2D eigenvalue weighted by Crippen LogP contribution is -2.38. The van der Waals surface area contributed by atoms with Crippen LogP contribution in [0.2, 0.25) is 0 Å². The molecule has 2 rings (SSSR count). The molecule has 2 N–H and O–H groups in total. The van der Waals surface area contributed by atoms with Gasteiger partial charge in [-0.05, 0) is 38.2 Å². The van der Waals surface area contributed by atoms with Crippen LogP contribution >= 0.6 is 0 Å². The lowest BCUT2D eigenvalue weighted by molar-refractivity contribution is 0.526. The van der Waals surface area contributed by atoms with E-state index in [1.165, 1.54) is 36.8 Å². The Bertz CT molecular complexity index is 450. The van der Waals surface area contributed by atoms with Gasteiger partial charge in [0.2, 0.25) is 0 Å². The Kier molecular flexibility index (Phi) is 4.97. The van der Waals surface area contributed by atoms with Crippen molar-refractivity contribution in [1.82, 2.24) is 10.2 Å². The van der Waals surface area contributed by atoms with Crippen molar-refractivity contribution in [1.29, 1.82) is 0 Å². The van der Waals surface area contributed by atoms with Crippen LogP contribution in [0, 0.1) is 19.8 Å². The highest BCUT2D eigenvalue weighted by Gasteiger charge is 2.27. The maximum atomic E-state index is 5.99. The molecule has 0 amide bonds. The maximum absolute atomic E-state index is 5.99. The second-order valence-corrected chi connectivity index (χ2v) is 6.40. The first-order valence-electron chi connectivity index (χ1n) is 7.84. The van der Waals surface area contributed by atoms with Crippen LogP contribution in [0.25, 0.3) is 0 Å². The molecule has 1 aliphatic rings. The van der Waals surface area contributed by atoms with Crippen molar-refractivity contribution < 1.29 is 0 Å². The highest BCUT2D eigenvalue weighted by Crippen LogP contribution is 2.31. The molecule has 0 unspecified atom stereocenters. The summed E-state index contributed by atoms with van der Waals surface area (Å²) in [5.41, 5.74) is 9.35. The van der Waals surface area contributed by atoms with Crippen molar-refractivity contribution >= 4 is 5.82 Å². The topological polar surface area (TPSA) is 55.0 Å². The zero-order valence-electron chi connectivity index (χ0n) is 13.3. The van der Waals surface area contributed by atoms with Gasteiger partial charge in [0.1, 0.15) is 0 Å². The van der Waals surface area contributed by atoms with E-state index < -0.39 is 0 Å². The highest BCUT2D eigenvalue weighted by atomic mass is 15.3. The Morgan fingerprint density at radius 2 is 1.85 bits per heavy atom. The molecule has 1 aromatic rings. The molecule has 4 heteroatoms. The number of nitrogens with zero attached hydrogens (tertiary/aromatic N) is 3. The predicted octanol–water partition coefficient (Wildman–Crippen LogP) is 2.96. The van der Waals surface area contributed by atoms with E-state index in [1.807, 2.05) is 6.92 Å². The van der Waals surface area contributed by atoms with Gasteiger partial charge in [0, 0.05) is 24.7 Å². The third-order valence-corrected chi connectivity index (χ3v) is 4.36. The molecule has 1 heterocycles. The van der Waals surface area contributed by atoms with E-state index in [-0.39, 0.29) is 0 Å². The van der Waals surface area contributed by atoms with E-state index in [9.17, 15) is 0 Å². The molecule has 0 aromatic carbocycles. The first kappa shape index (κ1) is 15.2. The molecule has 112 valence electrons. The number of anilines is 1. The molecule has 4 nitrogen and oxygen atoms in total. The summed E-state index contributed by atoms with van der Waals surface area (Å²) in [6.45, 7) is 10.2. The summed E-state index contributed by atoms with van der Waals surface area (Å²) in [6, 6.07) is 0.610. The van der Waals surface area contributed by atoms with E-state index in [1.54, 1.807) is 0 Å². The van der Waals surface area contributed by atoms with Crippen LogP contribution in [0.4, 0.5) is 5.82 Å². The molecule has 1 aliphatic carbocycles. The Morgan fingerprint density at radius 1 is 1.20 bits per heavy atom. The molecule has 20 heavy (non-hydrogen) atoms. The van der Waals surface area contributed by atoms with Crippen molar-refractivity contribution in [2.24, 2.45) is 11.7 Å². The van der Waals surface area contributed by atoms with Gasteiger partial charge in [-0.3, -0.25) is 0 Å². The van der Waals surface area contributed by atoms with Gasteiger partial charge in [-0.15, -0.1) is 5.10 Å². The van der Waals surface area contributed by atoms with Crippen molar-refractivity contribution in [3.05, 3.63) is 16.8 Å². The summed E-state index contributed by atoms with van der Waals surface area (Å²) >= 11 is 0.